The Labute approximate surface area is 223 Å². The summed E-state index contributed by atoms with van der Waals surface area (Å²) in [5.74, 6) is 0.118. The van der Waals surface area contributed by atoms with Crippen LogP contribution in [0.25, 0.3) is 10.5 Å². The van der Waals surface area contributed by atoms with E-state index < -0.39 is 5.82 Å². The van der Waals surface area contributed by atoms with E-state index in [4.69, 9.17) is 29.4 Å². The molecule has 2 aromatic carbocycles. The van der Waals surface area contributed by atoms with E-state index in [0.717, 1.165) is 36.8 Å². The molecule has 8 heteroatoms. The van der Waals surface area contributed by atoms with Crippen LogP contribution in [0.4, 0.5) is 10.1 Å². The fraction of sp³-hybridized carbons (Fsp3) is 0.345. The third kappa shape index (κ3) is 8.04. The number of carbonyl (C=O) groups is 1. The third-order valence-corrected chi connectivity index (χ3v) is 6.99. The minimum Gasteiger partial charge on any atom is -0.398 e. The Morgan fingerprint density at radius 2 is 2.05 bits per heavy atom. The first-order valence-corrected chi connectivity index (χ1v) is 12.9. The van der Waals surface area contributed by atoms with Gasteiger partial charge in [0.05, 0.1) is 11.6 Å². The number of allylic oxidation sites excluding steroid dienone is 2. The van der Waals surface area contributed by atoms with Crippen LogP contribution in [0.2, 0.25) is 0 Å². The predicted molar refractivity (Wildman–Crippen MR) is 153 cm³/mol. The zero-order valence-electron chi connectivity index (χ0n) is 21.0. The van der Waals surface area contributed by atoms with Crippen LogP contribution in [-0.4, -0.2) is 31.3 Å². The van der Waals surface area contributed by atoms with Gasteiger partial charge < -0.3 is 16.8 Å². The molecule has 0 heterocycles. The molecule has 0 spiro atoms. The minimum absolute atomic E-state index is 0.0185. The second-order valence-electron chi connectivity index (χ2n) is 9.53. The van der Waals surface area contributed by atoms with Crippen LogP contribution in [-0.2, 0) is 4.79 Å². The molecule has 0 aromatic heterocycles. The molecular formula is C29H34FN5OS. The molecule has 5 N–H and O–H groups in total. The van der Waals surface area contributed by atoms with E-state index in [0.29, 0.717) is 53.1 Å². The third-order valence-electron chi connectivity index (χ3n) is 6.49. The molecule has 1 atom stereocenters. The van der Waals surface area contributed by atoms with Crippen LogP contribution in [0.1, 0.15) is 61.3 Å². The maximum absolute atomic E-state index is 14.5. The van der Waals surface area contributed by atoms with E-state index in [9.17, 15) is 9.18 Å². The maximum atomic E-state index is 14.5. The van der Waals surface area contributed by atoms with Crippen molar-refractivity contribution in [1.29, 1.82) is 5.26 Å². The fourth-order valence-corrected chi connectivity index (χ4v) is 4.59. The van der Waals surface area contributed by atoms with Gasteiger partial charge in [-0.05, 0) is 79.0 Å². The number of benzene rings is 2. The van der Waals surface area contributed by atoms with E-state index in [-0.39, 0.29) is 11.6 Å². The summed E-state index contributed by atoms with van der Waals surface area (Å²) in [5.41, 5.74) is 16.0. The number of nitrogens with two attached hydrogens (primary N) is 2. The standard InChI is InChI=1S/C29H34FN5OS/c1-19-12-25(13-19)35-17-23-14-21(9-10-28(23)33)29(37)26(20-7-8-22(16-31)27(30)15-20)6-2-4-24(32)5-3-11-34-18-36/h2,6-10,14-15,17-19,24-25,37H,3-5,11-13,32-33H2,1H3,(H,34,36)/b6-2+,29-26+,35-17?. The van der Waals surface area contributed by atoms with Crippen molar-refractivity contribution in [1.82, 2.24) is 5.32 Å². The Balaban J connectivity index is 1.90. The van der Waals surface area contributed by atoms with Crippen molar-refractivity contribution < 1.29 is 9.18 Å². The van der Waals surface area contributed by atoms with Crippen molar-refractivity contribution in [2.45, 2.75) is 51.1 Å². The number of anilines is 1. The van der Waals surface area contributed by atoms with Crippen molar-refractivity contribution in [3.05, 3.63) is 76.6 Å². The number of amides is 1. The molecule has 0 bridgehead atoms. The number of nitrogens with zero attached hydrogens (tertiary/aromatic N) is 2. The number of hydrogen-bond acceptors (Lipinski definition) is 6. The Kier molecular flexibility index (Phi) is 10.5. The number of aliphatic imine (C=N–C) groups is 1. The average molecular weight is 520 g/mol. The number of rotatable bonds is 12. The normalized spacial score (nSPS) is 18.8. The average Bonchev–Trinajstić information content (AvgIpc) is 2.87. The monoisotopic (exact) mass is 519 g/mol. The van der Waals surface area contributed by atoms with Gasteiger partial charge in [-0.25, -0.2) is 4.39 Å². The molecule has 1 aliphatic carbocycles. The molecule has 1 amide bonds. The van der Waals surface area contributed by atoms with Gasteiger partial charge in [0.1, 0.15) is 11.9 Å². The van der Waals surface area contributed by atoms with Gasteiger partial charge in [0.25, 0.3) is 0 Å². The molecule has 3 rings (SSSR count). The molecular weight excluding hydrogens is 485 g/mol. The number of nitriles is 1. The topological polar surface area (TPSA) is 117 Å². The highest BCUT2D eigenvalue weighted by molar-refractivity contribution is 7.90. The van der Waals surface area contributed by atoms with Crippen molar-refractivity contribution in [3.63, 3.8) is 0 Å². The van der Waals surface area contributed by atoms with Gasteiger partial charge in [0.15, 0.2) is 0 Å². The zero-order chi connectivity index (χ0) is 26.8. The maximum Gasteiger partial charge on any atom is 0.207 e. The lowest BCUT2D eigenvalue weighted by Gasteiger charge is -2.29. The summed E-state index contributed by atoms with van der Waals surface area (Å²) >= 11 is 4.83. The summed E-state index contributed by atoms with van der Waals surface area (Å²) in [7, 11) is 0. The highest BCUT2D eigenvalue weighted by Gasteiger charge is 2.23. The van der Waals surface area contributed by atoms with E-state index in [2.05, 4.69) is 17.2 Å². The number of halogens is 1. The lowest BCUT2D eigenvalue weighted by molar-refractivity contribution is -0.109. The Morgan fingerprint density at radius 3 is 2.73 bits per heavy atom. The van der Waals surface area contributed by atoms with Crippen LogP contribution in [0.15, 0.2) is 53.5 Å². The molecule has 1 saturated carbocycles. The number of nitrogen functional groups attached to an aromatic ring is 1. The van der Waals surface area contributed by atoms with Gasteiger partial charge in [-0.3, -0.25) is 9.79 Å². The molecule has 194 valence electrons. The van der Waals surface area contributed by atoms with Crippen LogP contribution < -0.4 is 16.8 Å². The summed E-state index contributed by atoms with van der Waals surface area (Å²) in [5, 5.41) is 11.8. The largest absolute Gasteiger partial charge is 0.398 e. The SMILES string of the molecule is CC1CC(N=Cc2cc(/C(S)=C(/C=C/CC(N)CCCNC=O)c3ccc(C#N)c(F)c3)ccc2N)C1. The van der Waals surface area contributed by atoms with E-state index in [1.54, 1.807) is 6.07 Å². The summed E-state index contributed by atoms with van der Waals surface area (Å²) in [4.78, 5) is 15.7. The van der Waals surface area contributed by atoms with Gasteiger partial charge in [-0.2, -0.15) is 5.26 Å². The van der Waals surface area contributed by atoms with Crippen LogP contribution in [0.3, 0.4) is 0 Å². The highest BCUT2D eigenvalue weighted by Crippen LogP contribution is 2.33. The lowest BCUT2D eigenvalue weighted by Crippen LogP contribution is -2.24. The fourth-order valence-electron chi connectivity index (χ4n) is 4.25. The Bertz CT molecular complexity index is 1230. The first-order valence-electron chi connectivity index (χ1n) is 12.5. The molecule has 1 unspecified atom stereocenters. The van der Waals surface area contributed by atoms with E-state index >= 15 is 0 Å². The molecule has 2 aromatic rings. The number of carbonyl (C=O) groups excluding carboxylic acids is 1. The van der Waals surface area contributed by atoms with Crippen LogP contribution >= 0.6 is 12.6 Å². The molecule has 1 fully saturated rings. The second kappa shape index (κ2) is 13.8. The molecule has 6 nitrogen and oxygen atoms in total. The van der Waals surface area contributed by atoms with Gasteiger partial charge in [-0.1, -0.05) is 31.2 Å². The smallest absolute Gasteiger partial charge is 0.207 e. The number of thiol groups is 1. The van der Waals surface area contributed by atoms with Crippen LogP contribution in [0, 0.1) is 23.1 Å². The first kappa shape index (κ1) is 28.2. The quantitative estimate of drug-likeness (QED) is 0.0594. The van der Waals surface area contributed by atoms with Crippen molar-refractivity contribution in [2.24, 2.45) is 16.6 Å². The second-order valence-corrected chi connectivity index (χ2v) is 9.98. The van der Waals surface area contributed by atoms with Gasteiger partial charge in [-0.15, -0.1) is 12.6 Å². The predicted octanol–water partition coefficient (Wildman–Crippen LogP) is 5.09. The van der Waals surface area contributed by atoms with Crippen molar-refractivity contribution >= 4 is 41.4 Å². The van der Waals surface area contributed by atoms with Gasteiger partial charge in [0, 0.05) is 35.0 Å². The van der Waals surface area contributed by atoms with Gasteiger partial charge >= 0.3 is 0 Å². The number of nitrogens with one attached hydrogen (secondary N) is 1. The highest BCUT2D eigenvalue weighted by atomic mass is 32.1. The van der Waals surface area contributed by atoms with Gasteiger partial charge in [0.2, 0.25) is 6.41 Å². The van der Waals surface area contributed by atoms with E-state index in [1.807, 2.05) is 42.6 Å². The van der Waals surface area contributed by atoms with Crippen molar-refractivity contribution in [3.8, 4) is 6.07 Å². The Hall–Kier alpha value is -3.41. The van der Waals surface area contributed by atoms with Crippen molar-refractivity contribution in [2.75, 3.05) is 12.3 Å². The van der Waals surface area contributed by atoms with Crippen LogP contribution in [0.5, 0.6) is 0 Å². The van der Waals surface area contributed by atoms with E-state index in [1.165, 1.54) is 12.1 Å². The number of hydrogen-bond donors (Lipinski definition) is 4. The molecule has 0 saturated heterocycles. The summed E-state index contributed by atoms with van der Waals surface area (Å²) in [6.07, 6.45) is 10.6. The zero-order valence-corrected chi connectivity index (χ0v) is 21.9. The molecule has 1 aliphatic rings. The lowest BCUT2D eigenvalue weighted by atomic mass is 9.82. The Morgan fingerprint density at radius 1 is 1.30 bits per heavy atom. The first-order chi connectivity index (χ1) is 17.8. The molecule has 37 heavy (non-hydrogen) atoms. The molecule has 0 radical (unpaired) electrons. The summed E-state index contributed by atoms with van der Waals surface area (Å²) < 4.78 is 14.5. The molecule has 0 aliphatic heterocycles. The summed E-state index contributed by atoms with van der Waals surface area (Å²) in [6.45, 7) is 2.80. The minimum atomic E-state index is -0.591. The summed E-state index contributed by atoms with van der Waals surface area (Å²) in [6, 6.07) is 12.3.